The van der Waals surface area contributed by atoms with Gasteiger partial charge in [-0.05, 0) is 66.8 Å². The highest BCUT2D eigenvalue weighted by atomic mass is 14.6. The third-order valence-corrected chi connectivity index (χ3v) is 9.36. The molecule has 1 unspecified atom stereocenters. The third-order valence-electron chi connectivity index (χ3n) is 9.36. The van der Waals surface area contributed by atoms with Crippen LogP contribution in [0.15, 0.2) is 146 Å². The maximum Gasteiger partial charge on any atom is 0.0720 e. The maximum atomic E-state index is 2.41. The third kappa shape index (κ3) is 2.09. The van der Waals surface area contributed by atoms with E-state index in [4.69, 9.17) is 0 Å². The number of hydrogen-bond donors (Lipinski definition) is 0. The summed E-state index contributed by atoms with van der Waals surface area (Å²) in [7, 11) is 0. The van der Waals surface area contributed by atoms with Gasteiger partial charge in [-0.25, -0.2) is 0 Å². The summed E-state index contributed by atoms with van der Waals surface area (Å²) >= 11 is 0. The van der Waals surface area contributed by atoms with Crippen LogP contribution in [0.2, 0.25) is 0 Å². The molecular weight excluding hydrogens is 456 g/mol. The van der Waals surface area contributed by atoms with E-state index in [1.807, 2.05) is 0 Å². The van der Waals surface area contributed by atoms with E-state index < -0.39 is 0 Å². The Morgan fingerprint density at radius 1 is 0.263 bits per heavy atom. The Hall–Kier alpha value is -4.68. The number of rotatable bonds is 1. The van der Waals surface area contributed by atoms with Gasteiger partial charge >= 0.3 is 0 Å². The Morgan fingerprint density at radius 2 is 0.658 bits per heavy atom. The van der Waals surface area contributed by atoms with Crippen LogP contribution in [-0.2, 0) is 10.8 Å². The molecule has 0 bridgehead atoms. The summed E-state index contributed by atoms with van der Waals surface area (Å²) in [5.74, 6) is 0. The molecule has 0 amide bonds. The molecule has 38 heavy (non-hydrogen) atoms. The number of hydrogen-bond acceptors (Lipinski definition) is 0. The van der Waals surface area contributed by atoms with Crippen LogP contribution < -0.4 is 0 Å². The summed E-state index contributed by atoms with van der Waals surface area (Å²) in [6.07, 6.45) is 0. The molecule has 0 aliphatic heterocycles. The fourth-order valence-corrected chi connectivity index (χ4v) is 8.19. The summed E-state index contributed by atoms with van der Waals surface area (Å²) in [5, 5.41) is 0. The van der Waals surface area contributed by atoms with Crippen molar-refractivity contribution in [2.24, 2.45) is 0 Å². The van der Waals surface area contributed by atoms with Gasteiger partial charge < -0.3 is 0 Å². The van der Waals surface area contributed by atoms with Crippen molar-refractivity contribution in [2.45, 2.75) is 10.8 Å². The molecular formula is C38H24. The molecule has 6 aromatic carbocycles. The highest BCUT2D eigenvalue weighted by Gasteiger charge is 2.59. The van der Waals surface area contributed by atoms with Crippen LogP contribution >= 0.6 is 0 Å². The summed E-state index contributed by atoms with van der Waals surface area (Å²) in [6, 6.07) is 54.7. The standard InChI is InChI=1S/C38H24/c1-2-13-25(14-3-1)37-30-19-7-6-17-28(30)29-18-12-24-35(36(29)37)38(34-23-11-10-22-33(34)37)31-20-8-4-15-26(31)27-16-5-9-21-32(27)38/h1-24H. The highest BCUT2D eigenvalue weighted by Crippen LogP contribution is 2.68. The van der Waals surface area contributed by atoms with Crippen LogP contribution in [0.25, 0.3) is 22.3 Å². The molecule has 0 heterocycles. The van der Waals surface area contributed by atoms with Crippen molar-refractivity contribution in [1.82, 2.24) is 0 Å². The first-order chi connectivity index (χ1) is 18.9. The van der Waals surface area contributed by atoms with E-state index >= 15 is 0 Å². The van der Waals surface area contributed by atoms with Crippen molar-refractivity contribution < 1.29 is 0 Å². The zero-order chi connectivity index (χ0) is 24.9. The lowest BCUT2D eigenvalue weighted by molar-refractivity contribution is 0.636. The second-order valence-electron chi connectivity index (χ2n) is 10.8. The molecule has 0 aromatic heterocycles. The van der Waals surface area contributed by atoms with Crippen molar-refractivity contribution >= 4 is 0 Å². The van der Waals surface area contributed by atoms with Gasteiger partial charge in [0.15, 0.2) is 0 Å². The average Bonchev–Trinajstić information content (AvgIpc) is 3.47. The van der Waals surface area contributed by atoms with Crippen molar-refractivity contribution in [2.75, 3.05) is 0 Å². The lowest BCUT2D eigenvalue weighted by Crippen LogP contribution is -2.43. The van der Waals surface area contributed by atoms with Gasteiger partial charge in [0, 0.05) is 0 Å². The number of benzene rings is 6. The molecule has 0 fully saturated rings. The van der Waals surface area contributed by atoms with Gasteiger partial charge in [-0.3, -0.25) is 0 Å². The predicted molar refractivity (Wildman–Crippen MR) is 155 cm³/mol. The Kier molecular flexibility index (Phi) is 3.75. The molecule has 6 aromatic rings. The van der Waals surface area contributed by atoms with Gasteiger partial charge in [0.25, 0.3) is 0 Å². The molecule has 0 saturated carbocycles. The van der Waals surface area contributed by atoms with E-state index in [0.29, 0.717) is 0 Å². The zero-order valence-electron chi connectivity index (χ0n) is 20.9. The van der Waals surface area contributed by atoms with Crippen LogP contribution in [0.4, 0.5) is 0 Å². The molecule has 3 aliphatic carbocycles. The van der Waals surface area contributed by atoms with Crippen LogP contribution in [-0.4, -0.2) is 0 Å². The minimum Gasteiger partial charge on any atom is -0.0622 e. The van der Waals surface area contributed by atoms with E-state index in [2.05, 4.69) is 146 Å². The van der Waals surface area contributed by atoms with Gasteiger partial charge in [-0.1, -0.05) is 146 Å². The summed E-state index contributed by atoms with van der Waals surface area (Å²) in [6.45, 7) is 0. The Morgan fingerprint density at radius 3 is 1.26 bits per heavy atom. The van der Waals surface area contributed by atoms with Gasteiger partial charge in [0.1, 0.15) is 0 Å². The zero-order valence-corrected chi connectivity index (χ0v) is 20.9. The minimum absolute atomic E-state index is 0.363. The fraction of sp³-hybridized carbons (Fsp3) is 0.0526. The van der Waals surface area contributed by atoms with Crippen LogP contribution in [0.5, 0.6) is 0 Å². The fourth-order valence-electron chi connectivity index (χ4n) is 8.19. The number of fused-ring (bicyclic) bond motifs is 12. The molecule has 0 N–H and O–H groups in total. The Bertz CT molecular complexity index is 1870. The maximum absolute atomic E-state index is 2.41. The van der Waals surface area contributed by atoms with Crippen molar-refractivity contribution in [3.05, 3.63) is 190 Å². The summed E-state index contributed by atoms with van der Waals surface area (Å²) in [4.78, 5) is 0. The van der Waals surface area contributed by atoms with Gasteiger partial charge in [0.2, 0.25) is 0 Å². The lowest BCUT2D eigenvalue weighted by atomic mass is 9.52. The molecule has 3 aliphatic rings. The molecule has 0 radical (unpaired) electrons. The van der Waals surface area contributed by atoms with Gasteiger partial charge in [-0.15, -0.1) is 0 Å². The molecule has 0 saturated heterocycles. The first-order valence-electron chi connectivity index (χ1n) is 13.5. The second kappa shape index (κ2) is 7.00. The Labute approximate surface area is 222 Å². The highest BCUT2D eigenvalue weighted by molar-refractivity contribution is 5.95. The molecule has 0 heteroatoms. The molecule has 0 nitrogen and oxygen atoms in total. The Balaban J connectivity index is 1.57. The van der Waals surface area contributed by atoms with E-state index in [9.17, 15) is 0 Å². The average molecular weight is 481 g/mol. The van der Waals surface area contributed by atoms with Crippen molar-refractivity contribution in [1.29, 1.82) is 0 Å². The summed E-state index contributed by atoms with van der Waals surface area (Å²) in [5.41, 5.74) is 15.8. The van der Waals surface area contributed by atoms with Crippen LogP contribution in [0, 0.1) is 0 Å². The van der Waals surface area contributed by atoms with Crippen molar-refractivity contribution in [3.63, 3.8) is 0 Å². The summed E-state index contributed by atoms with van der Waals surface area (Å²) < 4.78 is 0. The molecule has 9 rings (SSSR count). The topological polar surface area (TPSA) is 0 Å². The lowest BCUT2D eigenvalue weighted by Gasteiger charge is -2.48. The molecule has 1 spiro atoms. The molecule has 176 valence electrons. The van der Waals surface area contributed by atoms with Crippen LogP contribution in [0.3, 0.4) is 0 Å². The largest absolute Gasteiger partial charge is 0.0720 e. The first-order valence-corrected chi connectivity index (χ1v) is 13.5. The van der Waals surface area contributed by atoms with E-state index in [1.54, 1.807) is 0 Å². The van der Waals surface area contributed by atoms with Crippen LogP contribution in [0.1, 0.15) is 44.5 Å². The van der Waals surface area contributed by atoms with Crippen molar-refractivity contribution in [3.8, 4) is 22.3 Å². The SMILES string of the molecule is c1ccc(C23c4ccccc4-c4cccc(c42)C2(c4ccccc4-c4ccccc42)c2ccccc23)cc1. The monoisotopic (exact) mass is 480 g/mol. The van der Waals surface area contributed by atoms with Gasteiger partial charge in [0.05, 0.1) is 10.8 Å². The van der Waals surface area contributed by atoms with E-state index in [1.165, 1.54) is 66.8 Å². The molecule has 1 atom stereocenters. The van der Waals surface area contributed by atoms with E-state index in [-0.39, 0.29) is 10.8 Å². The normalized spacial score (nSPS) is 18.3. The van der Waals surface area contributed by atoms with E-state index in [0.717, 1.165) is 0 Å². The smallest absolute Gasteiger partial charge is 0.0622 e. The minimum atomic E-state index is -0.366. The first kappa shape index (κ1) is 20.4. The van der Waals surface area contributed by atoms with Gasteiger partial charge in [-0.2, -0.15) is 0 Å². The predicted octanol–water partition coefficient (Wildman–Crippen LogP) is 8.73. The quantitative estimate of drug-likeness (QED) is 0.220. The second-order valence-corrected chi connectivity index (χ2v) is 10.8.